The number of rotatable bonds is 6. The van der Waals surface area contributed by atoms with Crippen LogP contribution in [0.1, 0.15) is 13.2 Å². The fraction of sp³-hybridized carbons (Fsp3) is 0.421. The number of benzene rings is 1. The van der Waals surface area contributed by atoms with E-state index < -0.39 is 43.1 Å². The molecule has 5 atom stereocenters. The summed E-state index contributed by atoms with van der Waals surface area (Å²) < 4.78 is 9.20. The van der Waals surface area contributed by atoms with Gasteiger partial charge >= 0.3 is 0 Å². The van der Waals surface area contributed by atoms with E-state index in [1.807, 2.05) is 30.3 Å². The standard InChI is InChI=1S/C19H24N4O5S/c1-3-9-22-17(12-7-5-4-6-8-12)21-23(19(22)29)18-14(20-11(2)25)16(27)15(26)13(10-24)28-18/h3-8,13-16,18,24,26-27H,1,9-10H2,2H3,(H,20,25)/t13-,14+,15-,16-,18-/m1/s1. The van der Waals surface area contributed by atoms with Crippen LogP contribution in [0, 0.1) is 4.77 Å². The molecule has 1 aromatic heterocycles. The zero-order valence-electron chi connectivity index (χ0n) is 15.9. The second-order valence-corrected chi connectivity index (χ2v) is 7.14. The van der Waals surface area contributed by atoms with Gasteiger partial charge in [-0.2, -0.15) is 0 Å². The number of aromatic nitrogens is 3. The predicted octanol–water partition coefficient (Wildman–Crippen LogP) is 0.383. The van der Waals surface area contributed by atoms with Crippen molar-refractivity contribution in [2.45, 2.75) is 44.1 Å². The number of hydrogen-bond donors (Lipinski definition) is 4. The molecule has 1 aromatic carbocycles. The number of nitrogens with zero attached hydrogens (tertiary/aromatic N) is 3. The Morgan fingerprint density at radius 1 is 1.34 bits per heavy atom. The Hall–Kier alpha value is -2.37. The van der Waals surface area contributed by atoms with Crippen LogP contribution in [0.25, 0.3) is 11.4 Å². The summed E-state index contributed by atoms with van der Waals surface area (Å²) in [5.41, 5.74) is 0.811. The van der Waals surface area contributed by atoms with Crippen molar-refractivity contribution in [2.75, 3.05) is 6.61 Å². The van der Waals surface area contributed by atoms with Gasteiger partial charge in [0.1, 0.15) is 24.4 Å². The summed E-state index contributed by atoms with van der Waals surface area (Å²) in [7, 11) is 0. The lowest BCUT2D eigenvalue weighted by Gasteiger charge is -2.42. The molecule has 1 aliphatic heterocycles. The minimum atomic E-state index is -1.39. The number of carbonyl (C=O) groups excluding carboxylic acids is 1. The first-order valence-corrected chi connectivity index (χ1v) is 9.55. The molecule has 0 saturated carbocycles. The van der Waals surface area contributed by atoms with Crippen LogP contribution >= 0.6 is 12.2 Å². The second kappa shape index (κ2) is 8.97. The van der Waals surface area contributed by atoms with Gasteiger partial charge in [-0.3, -0.25) is 9.36 Å². The first-order chi connectivity index (χ1) is 13.9. The molecule has 0 aliphatic carbocycles. The molecule has 9 nitrogen and oxygen atoms in total. The molecule has 0 bridgehead atoms. The van der Waals surface area contributed by atoms with Crippen LogP contribution in [0.2, 0.25) is 0 Å². The summed E-state index contributed by atoms with van der Waals surface area (Å²) in [5.74, 6) is 0.138. The summed E-state index contributed by atoms with van der Waals surface area (Å²) in [5, 5.41) is 37.5. The molecule has 2 aromatic rings. The van der Waals surface area contributed by atoms with Crippen LogP contribution in [-0.4, -0.2) is 66.5 Å². The van der Waals surface area contributed by atoms with Crippen molar-refractivity contribution in [1.29, 1.82) is 0 Å². The molecule has 1 saturated heterocycles. The lowest BCUT2D eigenvalue weighted by atomic mass is 9.96. The molecule has 1 aliphatic rings. The average molecular weight is 420 g/mol. The first kappa shape index (κ1) is 21.3. The van der Waals surface area contributed by atoms with Gasteiger partial charge in [0.25, 0.3) is 0 Å². The van der Waals surface area contributed by atoms with Crippen LogP contribution in [0.3, 0.4) is 0 Å². The molecule has 2 heterocycles. The third-order valence-corrected chi connectivity index (χ3v) is 5.15. The Bertz CT molecular complexity index is 928. The Morgan fingerprint density at radius 2 is 2.03 bits per heavy atom. The van der Waals surface area contributed by atoms with E-state index in [0.717, 1.165) is 5.56 Å². The maximum atomic E-state index is 11.7. The monoisotopic (exact) mass is 420 g/mol. The molecule has 1 amide bonds. The molecule has 156 valence electrons. The molecule has 1 fully saturated rings. The first-order valence-electron chi connectivity index (χ1n) is 9.14. The number of allylic oxidation sites excluding steroid dienone is 1. The van der Waals surface area contributed by atoms with Gasteiger partial charge in [0.05, 0.1) is 6.61 Å². The van der Waals surface area contributed by atoms with Crippen LogP contribution in [-0.2, 0) is 16.1 Å². The summed E-state index contributed by atoms with van der Waals surface area (Å²) >= 11 is 5.58. The highest BCUT2D eigenvalue weighted by molar-refractivity contribution is 7.71. The minimum absolute atomic E-state index is 0.282. The van der Waals surface area contributed by atoms with E-state index in [-0.39, 0.29) is 4.77 Å². The van der Waals surface area contributed by atoms with E-state index >= 15 is 0 Å². The number of aliphatic hydroxyl groups excluding tert-OH is 3. The topological polar surface area (TPSA) is 122 Å². The van der Waals surface area contributed by atoms with Crippen molar-refractivity contribution >= 4 is 18.1 Å². The molecular weight excluding hydrogens is 396 g/mol. The fourth-order valence-corrected chi connectivity index (χ4v) is 3.68. The molecule has 4 N–H and O–H groups in total. The molecule has 0 spiro atoms. The Kier molecular flexibility index (Phi) is 6.60. The van der Waals surface area contributed by atoms with Crippen molar-refractivity contribution in [3.63, 3.8) is 0 Å². The van der Waals surface area contributed by atoms with Crippen molar-refractivity contribution < 1.29 is 24.9 Å². The van der Waals surface area contributed by atoms with Crippen LogP contribution in [0.5, 0.6) is 0 Å². The van der Waals surface area contributed by atoms with E-state index in [4.69, 9.17) is 17.0 Å². The smallest absolute Gasteiger partial charge is 0.217 e. The number of aliphatic hydroxyl groups is 3. The number of carbonyl (C=O) groups is 1. The zero-order chi connectivity index (χ0) is 21.1. The third kappa shape index (κ3) is 4.16. The number of hydrogen-bond acceptors (Lipinski definition) is 7. The fourth-order valence-electron chi connectivity index (χ4n) is 3.37. The van der Waals surface area contributed by atoms with Crippen LogP contribution in [0.15, 0.2) is 43.0 Å². The normalized spacial score (nSPS) is 26.8. The Labute approximate surface area is 172 Å². The number of nitrogens with one attached hydrogen (secondary N) is 1. The van der Waals surface area contributed by atoms with Crippen LogP contribution < -0.4 is 5.32 Å². The summed E-state index contributed by atoms with van der Waals surface area (Å²) in [6.07, 6.45) is -3.19. The lowest BCUT2D eigenvalue weighted by Crippen LogP contribution is -2.62. The number of ether oxygens (including phenoxy) is 1. The summed E-state index contributed by atoms with van der Waals surface area (Å²) in [6.45, 7) is 4.91. The average Bonchev–Trinajstić information content (AvgIpc) is 3.03. The van der Waals surface area contributed by atoms with E-state index in [9.17, 15) is 20.1 Å². The molecule has 3 rings (SSSR count). The van der Waals surface area contributed by atoms with E-state index in [1.165, 1.54) is 11.6 Å². The van der Waals surface area contributed by atoms with Crippen LogP contribution in [0.4, 0.5) is 0 Å². The largest absolute Gasteiger partial charge is 0.394 e. The van der Waals surface area contributed by atoms with Gasteiger partial charge in [0.15, 0.2) is 12.1 Å². The van der Waals surface area contributed by atoms with Gasteiger partial charge in [0.2, 0.25) is 10.7 Å². The zero-order valence-corrected chi connectivity index (χ0v) is 16.7. The Balaban J connectivity index is 2.12. The van der Waals surface area contributed by atoms with E-state index in [0.29, 0.717) is 12.4 Å². The molecule has 29 heavy (non-hydrogen) atoms. The summed E-state index contributed by atoms with van der Waals surface area (Å²) in [6, 6.07) is 8.36. The van der Waals surface area contributed by atoms with Crippen molar-refractivity contribution in [3.8, 4) is 11.4 Å². The van der Waals surface area contributed by atoms with E-state index in [2.05, 4.69) is 17.0 Å². The predicted molar refractivity (Wildman–Crippen MR) is 107 cm³/mol. The van der Waals surface area contributed by atoms with Gasteiger partial charge in [0, 0.05) is 19.0 Å². The highest BCUT2D eigenvalue weighted by Gasteiger charge is 2.46. The number of amides is 1. The van der Waals surface area contributed by atoms with E-state index in [1.54, 1.807) is 10.6 Å². The third-order valence-electron chi connectivity index (χ3n) is 4.74. The maximum absolute atomic E-state index is 11.7. The van der Waals surface area contributed by atoms with Gasteiger partial charge in [-0.05, 0) is 12.2 Å². The van der Waals surface area contributed by atoms with Gasteiger partial charge < -0.3 is 25.4 Å². The maximum Gasteiger partial charge on any atom is 0.217 e. The lowest BCUT2D eigenvalue weighted by molar-refractivity contribution is -0.219. The second-order valence-electron chi connectivity index (χ2n) is 6.77. The molecular formula is C19H24N4O5S. The van der Waals surface area contributed by atoms with Crippen molar-refractivity contribution in [2.24, 2.45) is 0 Å². The van der Waals surface area contributed by atoms with Gasteiger partial charge in [-0.25, -0.2) is 4.68 Å². The summed E-state index contributed by atoms with van der Waals surface area (Å²) in [4.78, 5) is 11.7. The highest BCUT2D eigenvalue weighted by atomic mass is 32.1. The van der Waals surface area contributed by atoms with Crippen molar-refractivity contribution in [3.05, 3.63) is 47.8 Å². The quantitative estimate of drug-likeness (QED) is 0.394. The molecule has 10 heteroatoms. The van der Waals surface area contributed by atoms with Gasteiger partial charge in [-0.15, -0.1) is 11.7 Å². The van der Waals surface area contributed by atoms with Gasteiger partial charge in [-0.1, -0.05) is 36.4 Å². The Morgan fingerprint density at radius 3 is 2.62 bits per heavy atom. The molecule has 0 unspecified atom stereocenters. The SMILES string of the molecule is C=CCn1c(-c2ccccc2)nn([C@@H]2O[C@H](CO)[C@@H](O)[C@H](O)[C@@H]2NC(C)=O)c1=S. The van der Waals surface area contributed by atoms with Crippen molar-refractivity contribution in [1.82, 2.24) is 19.7 Å². The molecule has 0 radical (unpaired) electrons. The minimum Gasteiger partial charge on any atom is -0.394 e. The highest BCUT2D eigenvalue weighted by Crippen LogP contribution is 2.30.